The molecule has 4 rings (SSSR count). The van der Waals surface area contributed by atoms with Crippen LogP contribution < -0.4 is 5.32 Å². The molecule has 26 heavy (non-hydrogen) atoms. The quantitative estimate of drug-likeness (QED) is 0.604. The van der Waals surface area contributed by atoms with Crippen molar-refractivity contribution in [2.45, 2.75) is 6.54 Å². The predicted octanol–water partition coefficient (Wildman–Crippen LogP) is 3.37. The first-order valence-electron chi connectivity index (χ1n) is 8.26. The van der Waals surface area contributed by atoms with Gasteiger partial charge in [-0.05, 0) is 17.7 Å². The van der Waals surface area contributed by atoms with E-state index in [1.165, 1.54) is 0 Å². The van der Waals surface area contributed by atoms with Crippen LogP contribution in [0.25, 0.3) is 5.69 Å². The Morgan fingerprint density at radius 3 is 2.46 bits per heavy atom. The van der Waals surface area contributed by atoms with Gasteiger partial charge in [0.2, 0.25) is 0 Å². The van der Waals surface area contributed by atoms with Gasteiger partial charge in [-0.15, -0.1) is 0 Å². The lowest BCUT2D eigenvalue weighted by Gasteiger charge is -2.11. The minimum Gasteiger partial charge on any atom is -0.305 e. The molecule has 128 valence electrons. The van der Waals surface area contributed by atoms with E-state index < -0.39 is 0 Å². The Kier molecular flexibility index (Phi) is 4.30. The number of amides is 1. The molecule has 1 N–H and O–H groups in total. The lowest BCUT2D eigenvalue weighted by molar-refractivity contribution is 0.101. The van der Waals surface area contributed by atoms with Crippen LogP contribution in [0.3, 0.4) is 0 Å². The van der Waals surface area contributed by atoms with Gasteiger partial charge in [0, 0.05) is 11.8 Å². The summed E-state index contributed by atoms with van der Waals surface area (Å²) in [5.74, 6) is 0.404. The van der Waals surface area contributed by atoms with E-state index >= 15 is 0 Å². The standard InChI is InChI=1S/C20H17N5O/c26-20(18-13-21-15-24(18)17-9-5-2-6-10-17)23-19-11-12-22-25(19)14-16-7-3-1-4-8-16/h1-13,15H,14H2,(H,23,26). The monoisotopic (exact) mass is 343 g/mol. The molecule has 0 radical (unpaired) electrons. The van der Waals surface area contributed by atoms with E-state index in [4.69, 9.17) is 0 Å². The number of para-hydroxylation sites is 1. The normalized spacial score (nSPS) is 10.6. The molecule has 0 saturated heterocycles. The SMILES string of the molecule is O=C(Nc1ccnn1Cc1ccccc1)c1cncn1-c1ccccc1. The maximum Gasteiger partial charge on any atom is 0.275 e. The summed E-state index contributed by atoms with van der Waals surface area (Å²) >= 11 is 0. The number of hydrogen-bond donors (Lipinski definition) is 1. The Labute approximate surface area is 150 Å². The van der Waals surface area contributed by atoms with Gasteiger partial charge in [-0.1, -0.05) is 48.5 Å². The Hall–Kier alpha value is -3.67. The summed E-state index contributed by atoms with van der Waals surface area (Å²) in [5, 5.41) is 7.23. The highest BCUT2D eigenvalue weighted by Crippen LogP contribution is 2.14. The zero-order chi connectivity index (χ0) is 17.8. The van der Waals surface area contributed by atoms with Gasteiger partial charge < -0.3 is 5.32 Å². The molecule has 0 aliphatic heterocycles. The zero-order valence-electron chi connectivity index (χ0n) is 14.0. The van der Waals surface area contributed by atoms with Crippen LogP contribution in [0.4, 0.5) is 5.82 Å². The van der Waals surface area contributed by atoms with E-state index in [0.29, 0.717) is 18.1 Å². The van der Waals surface area contributed by atoms with E-state index in [-0.39, 0.29) is 5.91 Å². The number of benzene rings is 2. The highest BCUT2D eigenvalue weighted by Gasteiger charge is 2.15. The third-order valence-corrected chi connectivity index (χ3v) is 4.04. The van der Waals surface area contributed by atoms with Crippen LogP contribution >= 0.6 is 0 Å². The van der Waals surface area contributed by atoms with Gasteiger partial charge in [0.1, 0.15) is 11.5 Å². The minimum atomic E-state index is -0.235. The van der Waals surface area contributed by atoms with Gasteiger partial charge in [0.15, 0.2) is 0 Å². The summed E-state index contributed by atoms with van der Waals surface area (Å²) in [6, 6.07) is 21.4. The smallest absolute Gasteiger partial charge is 0.275 e. The van der Waals surface area contributed by atoms with Crippen LogP contribution in [-0.2, 0) is 6.54 Å². The number of nitrogens with zero attached hydrogens (tertiary/aromatic N) is 4. The van der Waals surface area contributed by atoms with Crippen molar-refractivity contribution in [1.29, 1.82) is 0 Å². The highest BCUT2D eigenvalue weighted by molar-refractivity contribution is 6.02. The molecule has 6 nitrogen and oxygen atoms in total. The number of hydrogen-bond acceptors (Lipinski definition) is 3. The lowest BCUT2D eigenvalue weighted by atomic mass is 10.2. The fourth-order valence-electron chi connectivity index (χ4n) is 2.76. The van der Waals surface area contributed by atoms with Crippen molar-refractivity contribution in [3.8, 4) is 5.69 Å². The molecule has 0 fully saturated rings. The van der Waals surface area contributed by atoms with E-state index in [1.54, 1.807) is 34.0 Å². The van der Waals surface area contributed by atoms with E-state index in [0.717, 1.165) is 11.3 Å². The molecule has 0 spiro atoms. The minimum absolute atomic E-state index is 0.235. The van der Waals surface area contributed by atoms with Gasteiger partial charge in [-0.2, -0.15) is 5.10 Å². The average Bonchev–Trinajstić information content (AvgIpc) is 3.33. The highest BCUT2D eigenvalue weighted by atomic mass is 16.2. The van der Waals surface area contributed by atoms with Gasteiger partial charge >= 0.3 is 0 Å². The Bertz CT molecular complexity index is 1000. The van der Waals surface area contributed by atoms with Gasteiger partial charge in [0.25, 0.3) is 5.91 Å². The number of carbonyl (C=O) groups excluding carboxylic acids is 1. The molecule has 0 aliphatic carbocycles. The topological polar surface area (TPSA) is 64.7 Å². The Balaban J connectivity index is 1.56. The van der Waals surface area contributed by atoms with Crippen LogP contribution in [0, 0.1) is 0 Å². The molecule has 2 aromatic heterocycles. The second-order valence-electron chi connectivity index (χ2n) is 5.80. The van der Waals surface area contributed by atoms with E-state index in [2.05, 4.69) is 15.4 Å². The van der Waals surface area contributed by atoms with Gasteiger partial charge in [-0.3, -0.25) is 9.36 Å². The van der Waals surface area contributed by atoms with Crippen LogP contribution in [0.5, 0.6) is 0 Å². The van der Waals surface area contributed by atoms with Crippen LogP contribution in [0.2, 0.25) is 0 Å². The molecular weight excluding hydrogens is 326 g/mol. The molecule has 0 aliphatic rings. The Morgan fingerprint density at radius 1 is 0.962 bits per heavy atom. The molecule has 1 amide bonds. The first kappa shape index (κ1) is 15.8. The van der Waals surface area contributed by atoms with Crippen molar-refractivity contribution in [2.24, 2.45) is 0 Å². The van der Waals surface area contributed by atoms with Crippen molar-refractivity contribution in [3.05, 3.63) is 96.7 Å². The van der Waals surface area contributed by atoms with Gasteiger partial charge in [-0.25, -0.2) is 9.67 Å². The van der Waals surface area contributed by atoms with Crippen molar-refractivity contribution in [2.75, 3.05) is 5.32 Å². The lowest BCUT2D eigenvalue weighted by Crippen LogP contribution is -2.19. The molecule has 6 heteroatoms. The molecule has 4 aromatic rings. The number of carbonyl (C=O) groups is 1. The summed E-state index contributed by atoms with van der Waals surface area (Å²) in [7, 11) is 0. The third kappa shape index (κ3) is 3.25. The summed E-state index contributed by atoms with van der Waals surface area (Å²) in [6.07, 6.45) is 4.86. The first-order chi connectivity index (χ1) is 12.8. The second kappa shape index (κ2) is 7.06. The molecule has 2 heterocycles. The van der Waals surface area contributed by atoms with Crippen LogP contribution in [0.1, 0.15) is 16.1 Å². The fourth-order valence-corrected chi connectivity index (χ4v) is 2.76. The van der Waals surface area contributed by atoms with Crippen molar-refractivity contribution in [1.82, 2.24) is 19.3 Å². The molecule has 0 saturated carbocycles. The second-order valence-corrected chi connectivity index (χ2v) is 5.80. The predicted molar refractivity (Wildman–Crippen MR) is 99.3 cm³/mol. The molecule has 0 unspecified atom stereocenters. The van der Waals surface area contributed by atoms with E-state index in [1.807, 2.05) is 60.7 Å². The summed E-state index contributed by atoms with van der Waals surface area (Å²) in [5.41, 5.74) is 2.46. The zero-order valence-corrected chi connectivity index (χ0v) is 14.0. The number of imidazole rings is 1. The van der Waals surface area contributed by atoms with Crippen LogP contribution in [-0.4, -0.2) is 25.2 Å². The maximum absolute atomic E-state index is 12.8. The van der Waals surface area contributed by atoms with Crippen LogP contribution in [0.15, 0.2) is 85.5 Å². The molecule has 2 aromatic carbocycles. The Morgan fingerprint density at radius 2 is 1.69 bits per heavy atom. The van der Waals surface area contributed by atoms with E-state index in [9.17, 15) is 4.79 Å². The molecule has 0 atom stereocenters. The average molecular weight is 343 g/mol. The number of anilines is 1. The largest absolute Gasteiger partial charge is 0.305 e. The fraction of sp³-hybridized carbons (Fsp3) is 0.0500. The first-order valence-corrected chi connectivity index (χ1v) is 8.26. The summed E-state index contributed by atoms with van der Waals surface area (Å²) < 4.78 is 3.52. The third-order valence-electron chi connectivity index (χ3n) is 4.04. The number of aromatic nitrogens is 4. The summed E-state index contributed by atoms with van der Waals surface area (Å²) in [4.78, 5) is 16.9. The van der Waals surface area contributed by atoms with Crippen molar-refractivity contribution >= 4 is 11.7 Å². The summed E-state index contributed by atoms with van der Waals surface area (Å²) in [6.45, 7) is 0.585. The maximum atomic E-state index is 12.8. The molecule has 0 bridgehead atoms. The molecular formula is C20H17N5O. The number of rotatable bonds is 5. The number of nitrogens with one attached hydrogen (secondary N) is 1. The van der Waals surface area contributed by atoms with Gasteiger partial charge in [0.05, 0.1) is 25.3 Å². The van der Waals surface area contributed by atoms with Crippen molar-refractivity contribution in [3.63, 3.8) is 0 Å². The van der Waals surface area contributed by atoms with Crippen molar-refractivity contribution < 1.29 is 4.79 Å².